The number of nitrogens with one attached hydrogen (secondary N) is 1. The number of carbonyl (C=O) groups excluding carboxylic acids is 3. The monoisotopic (exact) mass is 360 g/mol. The number of methoxy groups -OCH3 is 1. The van der Waals surface area contributed by atoms with Crippen LogP contribution in [0.5, 0.6) is 5.75 Å². The third kappa shape index (κ3) is 3.53. The van der Waals surface area contributed by atoms with E-state index in [1.54, 1.807) is 31.5 Å². The Bertz CT molecular complexity index is 910. The number of phenolic OH excluding ortho intramolecular Hbond substituents is 1. The summed E-state index contributed by atoms with van der Waals surface area (Å²) in [5.41, 5.74) is 1.55. The van der Waals surface area contributed by atoms with E-state index >= 15 is 0 Å². The van der Waals surface area contributed by atoms with Crippen molar-refractivity contribution in [1.29, 1.82) is 0 Å². The zero-order chi connectivity index (χ0) is 19.4. The van der Waals surface area contributed by atoms with Crippen molar-refractivity contribution >= 4 is 34.4 Å². The molecule has 0 radical (unpaired) electrons. The molecule has 0 fully saturated rings. The molecule has 0 atom stereocenters. The number of fused-ring (bicyclic) bond motifs is 1. The molecular weight excluding hydrogens is 340 g/mol. The fourth-order valence-electron chi connectivity index (χ4n) is 2.62. The molecule has 0 aliphatic carbocycles. The van der Waals surface area contributed by atoms with E-state index in [4.69, 9.17) is 9.47 Å². The van der Waals surface area contributed by atoms with Crippen molar-refractivity contribution in [2.24, 2.45) is 7.05 Å². The van der Waals surface area contributed by atoms with Crippen LogP contribution in [-0.4, -0.2) is 41.2 Å². The number of carbonyl (C=O) groups is 3. The first-order chi connectivity index (χ1) is 12.3. The molecule has 1 aromatic carbocycles. The Morgan fingerprint density at radius 2 is 1.96 bits per heavy atom. The normalized spacial score (nSPS) is 10.9. The van der Waals surface area contributed by atoms with Gasteiger partial charge in [-0.2, -0.15) is 0 Å². The lowest BCUT2D eigenvalue weighted by molar-refractivity contribution is -0.137. The van der Waals surface area contributed by atoms with Gasteiger partial charge in [0.05, 0.1) is 30.5 Å². The Labute approximate surface area is 150 Å². The highest BCUT2D eigenvalue weighted by molar-refractivity contribution is 6.16. The van der Waals surface area contributed by atoms with E-state index in [2.05, 4.69) is 5.32 Å². The summed E-state index contributed by atoms with van der Waals surface area (Å²) >= 11 is 0. The Kier molecular flexibility index (Phi) is 5.66. The lowest BCUT2D eigenvalue weighted by Gasteiger charge is -2.09. The highest BCUT2D eigenvalue weighted by atomic mass is 16.5. The number of esters is 2. The number of phenols is 1. The summed E-state index contributed by atoms with van der Waals surface area (Å²) in [5.74, 6) is -2.11. The number of rotatable bonds is 5. The number of benzene rings is 1. The number of hydrogen-bond donors (Lipinski definition) is 2. The van der Waals surface area contributed by atoms with Gasteiger partial charge in [-0.15, -0.1) is 0 Å². The Balaban J connectivity index is 2.51. The zero-order valence-corrected chi connectivity index (χ0v) is 15.0. The maximum absolute atomic E-state index is 12.2. The van der Waals surface area contributed by atoms with Crippen LogP contribution in [0.25, 0.3) is 10.9 Å². The molecule has 8 heteroatoms. The molecule has 26 heavy (non-hydrogen) atoms. The highest BCUT2D eigenvalue weighted by Gasteiger charge is 2.24. The highest BCUT2D eigenvalue weighted by Crippen LogP contribution is 2.37. The lowest BCUT2D eigenvalue weighted by atomic mass is 10.1. The Morgan fingerprint density at radius 3 is 2.58 bits per heavy atom. The predicted molar refractivity (Wildman–Crippen MR) is 95.1 cm³/mol. The molecule has 0 spiro atoms. The number of amides is 1. The summed E-state index contributed by atoms with van der Waals surface area (Å²) in [6, 6.07) is 3.04. The first kappa shape index (κ1) is 19.0. The van der Waals surface area contributed by atoms with Crippen LogP contribution in [0, 0.1) is 6.92 Å². The molecule has 0 bridgehead atoms. The van der Waals surface area contributed by atoms with Gasteiger partial charge in [0.15, 0.2) is 0 Å². The molecule has 1 heterocycles. The SMILES string of the molecule is CCOC(=O)/C=C/C(=O)Nc1c(O)ccc2c1c(C(=O)OC)c(C)n2C. The summed E-state index contributed by atoms with van der Waals surface area (Å²) in [7, 11) is 3.01. The zero-order valence-electron chi connectivity index (χ0n) is 15.0. The van der Waals surface area contributed by atoms with Gasteiger partial charge in [0.25, 0.3) is 0 Å². The van der Waals surface area contributed by atoms with Gasteiger partial charge < -0.3 is 24.5 Å². The summed E-state index contributed by atoms with van der Waals surface area (Å²) in [6.07, 6.45) is 1.97. The average Bonchev–Trinajstić information content (AvgIpc) is 2.86. The molecule has 2 N–H and O–H groups in total. The number of aromatic hydroxyl groups is 1. The summed E-state index contributed by atoms with van der Waals surface area (Å²) in [6.45, 7) is 3.57. The first-order valence-electron chi connectivity index (χ1n) is 7.86. The van der Waals surface area contributed by atoms with Crippen molar-refractivity contribution in [3.63, 3.8) is 0 Å². The van der Waals surface area contributed by atoms with Crippen molar-refractivity contribution in [3.05, 3.63) is 35.5 Å². The van der Waals surface area contributed by atoms with Crippen molar-refractivity contribution in [3.8, 4) is 5.75 Å². The van der Waals surface area contributed by atoms with Gasteiger partial charge in [-0.3, -0.25) is 4.79 Å². The van der Waals surface area contributed by atoms with Crippen molar-refractivity contribution in [2.45, 2.75) is 13.8 Å². The van der Waals surface area contributed by atoms with Crippen LogP contribution >= 0.6 is 0 Å². The number of nitrogens with zero attached hydrogens (tertiary/aromatic N) is 1. The van der Waals surface area contributed by atoms with Crippen molar-refractivity contribution in [1.82, 2.24) is 4.57 Å². The van der Waals surface area contributed by atoms with Crippen LogP contribution in [0.3, 0.4) is 0 Å². The number of aromatic nitrogens is 1. The number of hydrogen-bond acceptors (Lipinski definition) is 6. The Hall–Kier alpha value is -3.29. The molecule has 1 aromatic heterocycles. The molecule has 0 saturated carbocycles. The molecule has 8 nitrogen and oxygen atoms in total. The third-order valence-corrected chi connectivity index (χ3v) is 3.93. The van der Waals surface area contributed by atoms with Crippen LogP contribution in [0.2, 0.25) is 0 Å². The molecule has 0 unspecified atom stereocenters. The molecule has 0 aliphatic rings. The molecule has 2 aromatic rings. The van der Waals surface area contributed by atoms with Gasteiger partial charge in [0.2, 0.25) is 5.91 Å². The van der Waals surface area contributed by atoms with E-state index in [0.717, 1.165) is 12.2 Å². The maximum Gasteiger partial charge on any atom is 0.340 e. The maximum atomic E-state index is 12.2. The average molecular weight is 360 g/mol. The van der Waals surface area contributed by atoms with E-state index in [1.807, 2.05) is 0 Å². The number of ether oxygens (including phenoxy) is 2. The van der Waals surface area contributed by atoms with Gasteiger partial charge in [0, 0.05) is 30.3 Å². The van der Waals surface area contributed by atoms with E-state index in [0.29, 0.717) is 16.6 Å². The topological polar surface area (TPSA) is 107 Å². The second kappa shape index (κ2) is 7.73. The lowest BCUT2D eigenvalue weighted by Crippen LogP contribution is -2.11. The quantitative estimate of drug-likeness (QED) is 0.480. The largest absolute Gasteiger partial charge is 0.506 e. The van der Waals surface area contributed by atoms with Crippen LogP contribution in [-0.2, 0) is 26.1 Å². The second-order valence-corrected chi connectivity index (χ2v) is 5.44. The van der Waals surface area contributed by atoms with E-state index < -0.39 is 17.8 Å². The van der Waals surface area contributed by atoms with Crippen molar-refractivity contribution < 1.29 is 29.0 Å². The standard InChI is InChI=1S/C18H20N2O6/c1-5-26-14(23)9-8-13(22)19-17-12(21)7-6-11-16(17)15(18(24)25-4)10(2)20(11)3/h6-9,21H,5H2,1-4H3,(H,19,22)/b9-8+. The van der Waals surface area contributed by atoms with Crippen LogP contribution in [0.15, 0.2) is 24.3 Å². The third-order valence-electron chi connectivity index (χ3n) is 3.93. The number of anilines is 1. The fourth-order valence-corrected chi connectivity index (χ4v) is 2.62. The predicted octanol–water partition coefficient (Wildman–Crippen LogP) is 2.04. The molecular formula is C18H20N2O6. The molecule has 1 amide bonds. The molecule has 138 valence electrons. The minimum absolute atomic E-state index is 0.0603. The summed E-state index contributed by atoms with van der Waals surface area (Å²) < 4.78 is 11.3. The Morgan fingerprint density at radius 1 is 1.27 bits per heavy atom. The van der Waals surface area contributed by atoms with Crippen LogP contribution in [0.1, 0.15) is 23.0 Å². The van der Waals surface area contributed by atoms with Gasteiger partial charge in [-0.1, -0.05) is 0 Å². The van der Waals surface area contributed by atoms with Gasteiger partial charge in [0.1, 0.15) is 5.75 Å². The van der Waals surface area contributed by atoms with Gasteiger partial charge in [-0.05, 0) is 26.0 Å². The second-order valence-electron chi connectivity index (χ2n) is 5.44. The molecule has 0 saturated heterocycles. The molecule has 2 rings (SSSR count). The smallest absolute Gasteiger partial charge is 0.340 e. The number of aryl methyl sites for hydroxylation is 1. The minimum Gasteiger partial charge on any atom is -0.506 e. The van der Waals surface area contributed by atoms with E-state index in [9.17, 15) is 19.5 Å². The van der Waals surface area contributed by atoms with Gasteiger partial charge >= 0.3 is 11.9 Å². The molecule has 0 aliphatic heterocycles. The summed E-state index contributed by atoms with van der Waals surface area (Å²) in [4.78, 5) is 35.6. The first-order valence-corrected chi connectivity index (χ1v) is 7.86. The van der Waals surface area contributed by atoms with Crippen LogP contribution in [0.4, 0.5) is 5.69 Å². The summed E-state index contributed by atoms with van der Waals surface area (Å²) in [5, 5.41) is 13.1. The van der Waals surface area contributed by atoms with Crippen molar-refractivity contribution in [2.75, 3.05) is 19.0 Å². The fraction of sp³-hybridized carbons (Fsp3) is 0.278. The van der Waals surface area contributed by atoms with Gasteiger partial charge in [-0.25, -0.2) is 9.59 Å². The van der Waals surface area contributed by atoms with E-state index in [-0.39, 0.29) is 23.6 Å². The van der Waals surface area contributed by atoms with E-state index in [1.165, 1.54) is 13.2 Å². The van der Waals surface area contributed by atoms with Crippen LogP contribution < -0.4 is 5.32 Å². The minimum atomic E-state index is -0.657.